The van der Waals surface area contributed by atoms with Crippen LogP contribution in [0.2, 0.25) is 0 Å². The van der Waals surface area contributed by atoms with Gasteiger partial charge in [-0.05, 0) is 12.1 Å². The summed E-state index contributed by atoms with van der Waals surface area (Å²) in [4.78, 5) is 2.10. The first-order valence-electron chi connectivity index (χ1n) is 4.71. The molecular formula is C10H15Cl2FN2O. The van der Waals surface area contributed by atoms with Gasteiger partial charge in [0.2, 0.25) is 0 Å². The van der Waals surface area contributed by atoms with E-state index in [0.717, 1.165) is 31.9 Å². The van der Waals surface area contributed by atoms with Gasteiger partial charge in [0.05, 0.1) is 0 Å². The van der Waals surface area contributed by atoms with Gasteiger partial charge in [-0.25, -0.2) is 4.39 Å². The van der Waals surface area contributed by atoms with Gasteiger partial charge in [-0.1, -0.05) is 0 Å². The molecule has 1 aromatic carbocycles. The fourth-order valence-electron chi connectivity index (χ4n) is 1.62. The number of anilines is 1. The molecule has 0 amide bonds. The first-order chi connectivity index (χ1) is 6.77. The van der Waals surface area contributed by atoms with Crippen LogP contribution in [0.4, 0.5) is 10.1 Å². The van der Waals surface area contributed by atoms with E-state index in [1.807, 2.05) is 0 Å². The molecule has 0 saturated carbocycles. The van der Waals surface area contributed by atoms with Crippen LogP contribution in [0, 0.1) is 5.82 Å². The van der Waals surface area contributed by atoms with Crippen LogP contribution in [0.1, 0.15) is 0 Å². The Hall–Kier alpha value is -0.710. The van der Waals surface area contributed by atoms with E-state index >= 15 is 0 Å². The molecule has 0 aromatic heterocycles. The lowest BCUT2D eigenvalue weighted by Crippen LogP contribution is -2.43. The number of nitrogens with one attached hydrogen (secondary N) is 1. The second kappa shape index (κ2) is 6.78. The van der Waals surface area contributed by atoms with Crippen molar-refractivity contribution in [1.29, 1.82) is 0 Å². The summed E-state index contributed by atoms with van der Waals surface area (Å²) in [5.74, 6) is -0.843. The van der Waals surface area contributed by atoms with Gasteiger partial charge in [0, 0.05) is 37.9 Å². The summed E-state index contributed by atoms with van der Waals surface area (Å²) in [6.45, 7) is 3.60. The number of piperazine rings is 1. The number of aromatic hydroxyl groups is 1. The predicted molar refractivity (Wildman–Crippen MR) is 67.6 cm³/mol. The maximum absolute atomic E-state index is 13.0. The maximum atomic E-state index is 13.0. The van der Waals surface area contributed by atoms with E-state index in [1.165, 1.54) is 12.1 Å². The van der Waals surface area contributed by atoms with Crippen LogP contribution in [0.5, 0.6) is 5.75 Å². The van der Waals surface area contributed by atoms with E-state index in [-0.39, 0.29) is 30.6 Å². The molecular weight excluding hydrogens is 254 g/mol. The molecule has 16 heavy (non-hydrogen) atoms. The van der Waals surface area contributed by atoms with Gasteiger partial charge in [-0.2, -0.15) is 0 Å². The van der Waals surface area contributed by atoms with E-state index in [4.69, 9.17) is 5.11 Å². The molecule has 2 N–H and O–H groups in total. The van der Waals surface area contributed by atoms with Crippen LogP contribution in [0.25, 0.3) is 0 Å². The Morgan fingerprint density at radius 1 is 1.19 bits per heavy atom. The standard InChI is InChI=1S/C10H13FN2O.2ClH/c11-9-7-8(1-2-10(9)14)13-5-3-12-4-6-13;;/h1-2,7,12,14H,3-6H2;2*1H. The minimum Gasteiger partial charge on any atom is -0.505 e. The highest BCUT2D eigenvalue weighted by Crippen LogP contribution is 2.22. The highest BCUT2D eigenvalue weighted by atomic mass is 35.5. The zero-order valence-corrected chi connectivity index (χ0v) is 10.3. The van der Waals surface area contributed by atoms with Crippen molar-refractivity contribution < 1.29 is 9.50 Å². The number of nitrogens with zero attached hydrogens (tertiary/aromatic N) is 1. The number of phenolic OH excluding ortho intramolecular Hbond substituents is 1. The lowest BCUT2D eigenvalue weighted by Gasteiger charge is -2.29. The van der Waals surface area contributed by atoms with Crippen molar-refractivity contribution in [1.82, 2.24) is 5.32 Å². The van der Waals surface area contributed by atoms with E-state index < -0.39 is 5.82 Å². The molecule has 1 saturated heterocycles. The third-order valence-corrected chi connectivity index (χ3v) is 2.41. The van der Waals surface area contributed by atoms with Crippen LogP contribution in [0.15, 0.2) is 18.2 Å². The molecule has 1 aromatic rings. The second-order valence-corrected chi connectivity index (χ2v) is 3.37. The highest BCUT2D eigenvalue weighted by Gasteiger charge is 2.11. The lowest BCUT2D eigenvalue weighted by molar-refractivity contribution is 0.432. The third-order valence-electron chi connectivity index (χ3n) is 2.41. The predicted octanol–water partition coefficient (Wildman–Crippen LogP) is 1.78. The monoisotopic (exact) mass is 268 g/mol. The normalized spacial score (nSPS) is 14.9. The summed E-state index contributed by atoms with van der Waals surface area (Å²) in [6, 6.07) is 4.51. The first-order valence-corrected chi connectivity index (χ1v) is 4.71. The van der Waals surface area contributed by atoms with Crippen LogP contribution in [-0.4, -0.2) is 31.3 Å². The average Bonchev–Trinajstić information content (AvgIpc) is 2.23. The van der Waals surface area contributed by atoms with E-state index in [9.17, 15) is 4.39 Å². The van der Waals surface area contributed by atoms with Gasteiger partial charge in [0.25, 0.3) is 0 Å². The molecule has 0 unspecified atom stereocenters. The summed E-state index contributed by atoms with van der Waals surface area (Å²) in [5, 5.41) is 12.3. The highest BCUT2D eigenvalue weighted by molar-refractivity contribution is 5.85. The van der Waals surface area contributed by atoms with Gasteiger partial charge < -0.3 is 15.3 Å². The molecule has 0 atom stereocenters. The van der Waals surface area contributed by atoms with Gasteiger partial charge >= 0.3 is 0 Å². The molecule has 6 heteroatoms. The first kappa shape index (κ1) is 15.3. The van der Waals surface area contributed by atoms with Gasteiger partial charge in [0.15, 0.2) is 11.6 Å². The summed E-state index contributed by atoms with van der Waals surface area (Å²) in [7, 11) is 0. The molecule has 1 heterocycles. The largest absolute Gasteiger partial charge is 0.505 e. The van der Waals surface area contributed by atoms with Gasteiger partial charge in [-0.3, -0.25) is 0 Å². The maximum Gasteiger partial charge on any atom is 0.166 e. The van der Waals surface area contributed by atoms with Crippen LogP contribution < -0.4 is 10.2 Å². The molecule has 0 radical (unpaired) electrons. The fourth-order valence-corrected chi connectivity index (χ4v) is 1.62. The number of rotatable bonds is 1. The molecule has 2 rings (SSSR count). The Bertz CT molecular complexity index is 333. The minimum atomic E-state index is -0.555. The van der Waals surface area contributed by atoms with Crippen molar-refractivity contribution in [2.45, 2.75) is 0 Å². The van der Waals surface area contributed by atoms with Crippen molar-refractivity contribution in [2.24, 2.45) is 0 Å². The zero-order chi connectivity index (χ0) is 9.97. The Kier molecular flexibility index (Phi) is 6.48. The number of benzene rings is 1. The number of phenols is 1. The molecule has 0 aliphatic carbocycles. The Morgan fingerprint density at radius 2 is 1.81 bits per heavy atom. The summed E-state index contributed by atoms with van der Waals surface area (Å²) in [5.41, 5.74) is 0.835. The Morgan fingerprint density at radius 3 is 2.38 bits per heavy atom. The van der Waals surface area contributed by atoms with Crippen molar-refractivity contribution in [3.05, 3.63) is 24.0 Å². The van der Waals surface area contributed by atoms with Gasteiger partial charge in [-0.15, -0.1) is 24.8 Å². The minimum absolute atomic E-state index is 0. The summed E-state index contributed by atoms with van der Waals surface area (Å²) < 4.78 is 13.0. The smallest absolute Gasteiger partial charge is 0.166 e. The second-order valence-electron chi connectivity index (χ2n) is 3.37. The average molecular weight is 269 g/mol. The quantitative estimate of drug-likeness (QED) is 0.815. The third kappa shape index (κ3) is 3.40. The molecule has 92 valence electrons. The van der Waals surface area contributed by atoms with Gasteiger partial charge in [0.1, 0.15) is 0 Å². The molecule has 1 aliphatic heterocycles. The lowest BCUT2D eigenvalue weighted by atomic mass is 10.2. The molecule has 1 fully saturated rings. The molecule has 0 spiro atoms. The summed E-state index contributed by atoms with van der Waals surface area (Å²) >= 11 is 0. The van der Waals surface area contributed by atoms with Crippen LogP contribution in [-0.2, 0) is 0 Å². The SMILES string of the molecule is Cl.Cl.Oc1ccc(N2CCNCC2)cc1F. The van der Waals surface area contributed by atoms with Crippen LogP contribution in [0.3, 0.4) is 0 Å². The van der Waals surface area contributed by atoms with Crippen molar-refractivity contribution >= 4 is 30.5 Å². The Balaban J connectivity index is 0.00000112. The van der Waals surface area contributed by atoms with Crippen LogP contribution >= 0.6 is 24.8 Å². The molecule has 1 aliphatic rings. The number of hydrogen-bond acceptors (Lipinski definition) is 3. The van der Waals surface area contributed by atoms with Crippen molar-refractivity contribution in [2.75, 3.05) is 31.1 Å². The fraction of sp³-hybridized carbons (Fsp3) is 0.400. The topological polar surface area (TPSA) is 35.5 Å². The van der Waals surface area contributed by atoms with E-state index in [2.05, 4.69) is 10.2 Å². The van der Waals surface area contributed by atoms with Crippen molar-refractivity contribution in [3.63, 3.8) is 0 Å². The Labute approximate surface area is 106 Å². The number of halogens is 3. The van der Waals surface area contributed by atoms with Crippen molar-refractivity contribution in [3.8, 4) is 5.75 Å². The molecule has 3 nitrogen and oxygen atoms in total. The number of hydrogen-bond donors (Lipinski definition) is 2. The molecule has 0 bridgehead atoms. The summed E-state index contributed by atoms with van der Waals surface area (Å²) in [6.07, 6.45) is 0. The van der Waals surface area contributed by atoms with E-state index in [1.54, 1.807) is 6.07 Å². The van der Waals surface area contributed by atoms with E-state index in [0.29, 0.717) is 0 Å². The zero-order valence-electron chi connectivity index (χ0n) is 8.65.